The number of methoxy groups -OCH3 is 1. The lowest BCUT2D eigenvalue weighted by atomic mass is 10.1. The normalized spacial score (nSPS) is 11.6. The van der Waals surface area contributed by atoms with Crippen LogP contribution in [-0.2, 0) is 10.0 Å². The highest BCUT2D eigenvalue weighted by Crippen LogP contribution is 2.32. The molecule has 0 aliphatic carbocycles. The van der Waals surface area contributed by atoms with Gasteiger partial charge in [0.15, 0.2) is 0 Å². The number of benzene rings is 2. The summed E-state index contributed by atoms with van der Waals surface area (Å²) in [5, 5.41) is 1.54. The molecule has 0 saturated carbocycles. The number of H-pyrrole nitrogens is 1. The van der Waals surface area contributed by atoms with Gasteiger partial charge in [-0.25, -0.2) is 13.4 Å². The number of nitrogens with zero attached hydrogens (tertiary/aromatic N) is 1. The van der Waals surface area contributed by atoms with E-state index in [1.165, 1.54) is 25.4 Å². The molecule has 0 radical (unpaired) electrons. The summed E-state index contributed by atoms with van der Waals surface area (Å²) in [6, 6.07) is 15.0. The van der Waals surface area contributed by atoms with Gasteiger partial charge in [-0.3, -0.25) is 4.72 Å². The minimum Gasteiger partial charge on any atom is -0.497 e. The summed E-state index contributed by atoms with van der Waals surface area (Å²) in [6.07, 6.45) is 1.49. The lowest BCUT2D eigenvalue weighted by Crippen LogP contribution is -2.12. The van der Waals surface area contributed by atoms with Crippen LogP contribution in [0.15, 0.2) is 65.7 Å². The molecule has 0 fully saturated rings. The first-order valence-corrected chi connectivity index (χ1v) is 10.7. The maximum Gasteiger partial charge on any atom is 0.261 e. The van der Waals surface area contributed by atoms with Crippen molar-refractivity contribution in [2.75, 3.05) is 11.8 Å². The minimum absolute atomic E-state index is 0.149. The van der Waals surface area contributed by atoms with Crippen molar-refractivity contribution in [2.24, 2.45) is 0 Å². The van der Waals surface area contributed by atoms with Crippen molar-refractivity contribution < 1.29 is 13.2 Å². The Morgan fingerprint density at radius 2 is 1.72 bits per heavy atom. The second kappa shape index (κ2) is 7.59. The molecule has 0 unspecified atom stereocenters. The van der Waals surface area contributed by atoms with Crippen LogP contribution in [0.25, 0.3) is 22.3 Å². The van der Waals surface area contributed by atoms with Crippen molar-refractivity contribution in [3.8, 4) is 17.0 Å². The average Bonchev–Trinajstić information content (AvgIpc) is 3.16. The van der Waals surface area contributed by atoms with Crippen LogP contribution in [0.3, 0.4) is 0 Å². The summed E-state index contributed by atoms with van der Waals surface area (Å²) in [7, 11) is -2.18. The molecule has 29 heavy (non-hydrogen) atoms. The van der Waals surface area contributed by atoms with E-state index < -0.39 is 10.0 Å². The largest absolute Gasteiger partial charge is 0.497 e. The van der Waals surface area contributed by atoms with Crippen LogP contribution in [0.2, 0.25) is 10.0 Å². The molecule has 0 aliphatic heterocycles. The first-order valence-electron chi connectivity index (χ1n) is 8.47. The number of aromatic amines is 1. The van der Waals surface area contributed by atoms with E-state index in [-0.39, 0.29) is 4.90 Å². The molecule has 0 amide bonds. The fourth-order valence-electron chi connectivity index (χ4n) is 2.86. The highest BCUT2D eigenvalue weighted by atomic mass is 35.5. The van der Waals surface area contributed by atoms with E-state index in [1.54, 1.807) is 36.4 Å². The third kappa shape index (κ3) is 3.89. The summed E-state index contributed by atoms with van der Waals surface area (Å²) in [6.45, 7) is 0. The standard InChI is InChI=1S/C20H15Cl2N3O3S/c1-28-14-6-8-15(9-7-14)29(26,27)25-13-4-2-12(3-5-13)18-10-16-19(22)17(21)11-23-20(16)24-18/h2-11,25H,1H3,(H,23,24). The van der Waals surface area contributed by atoms with Crippen LogP contribution < -0.4 is 9.46 Å². The van der Waals surface area contributed by atoms with E-state index in [0.29, 0.717) is 27.1 Å². The molecule has 9 heteroatoms. The maximum absolute atomic E-state index is 12.5. The monoisotopic (exact) mass is 447 g/mol. The van der Waals surface area contributed by atoms with Crippen LogP contribution in [0.4, 0.5) is 5.69 Å². The zero-order valence-corrected chi connectivity index (χ0v) is 17.4. The van der Waals surface area contributed by atoms with Crippen LogP contribution in [0.1, 0.15) is 0 Å². The molecule has 2 heterocycles. The number of aromatic nitrogens is 2. The molecule has 0 atom stereocenters. The van der Waals surface area contributed by atoms with Crippen molar-refractivity contribution in [2.45, 2.75) is 4.90 Å². The first-order chi connectivity index (χ1) is 13.9. The lowest BCUT2D eigenvalue weighted by molar-refractivity contribution is 0.414. The number of halogens is 2. The third-order valence-electron chi connectivity index (χ3n) is 4.37. The Balaban J connectivity index is 1.58. The van der Waals surface area contributed by atoms with Gasteiger partial charge in [-0.1, -0.05) is 35.3 Å². The Kier molecular flexibility index (Phi) is 5.12. The quantitative estimate of drug-likeness (QED) is 0.431. The van der Waals surface area contributed by atoms with Crippen molar-refractivity contribution in [3.63, 3.8) is 0 Å². The zero-order chi connectivity index (χ0) is 20.6. The number of sulfonamides is 1. The molecule has 6 nitrogen and oxygen atoms in total. The van der Waals surface area contributed by atoms with Crippen LogP contribution in [-0.4, -0.2) is 25.5 Å². The molecular formula is C20H15Cl2N3O3S. The highest BCUT2D eigenvalue weighted by Gasteiger charge is 2.15. The number of hydrogen-bond donors (Lipinski definition) is 2. The van der Waals surface area contributed by atoms with Crippen LogP contribution in [0.5, 0.6) is 5.75 Å². The molecule has 4 aromatic rings. The summed E-state index contributed by atoms with van der Waals surface area (Å²) < 4.78 is 32.7. The number of rotatable bonds is 5. The Morgan fingerprint density at radius 1 is 1.03 bits per heavy atom. The van der Waals surface area contributed by atoms with Crippen molar-refractivity contribution in [3.05, 3.63) is 70.8 Å². The molecule has 2 N–H and O–H groups in total. The summed E-state index contributed by atoms with van der Waals surface area (Å²) in [4.78, 5) is 7.56. The average molecular weight is 448 g/mol. The van der Waals surface area contributed by atoms with Gasteiger partial charge in [0, 0.05) is 23.0 Å². The summed E-state index contributed by atoms with van der Waals surface area (Å²) in [5.74, 6) is 0.586. The van der Waals surface area contributed by atoms with Crippen molar-refractivity contribution >= 4 is 49.9 Å². The van der Waals surface area contributed by atoms with E-state index in [1.807, 2.05) is 6.07 Å². The topological polar surface area (TPSA) is 84.1 Å². The van der Waals surface area contributed by atoms with Crippen molar-refractivity contribution in [1.82, 2.24) is 9.97 Å². The third-order valence-corrected chi connectivity index (χ3v) is 6.56. The number of anilines is 1. The van der Waals surface area contributed by atoms with Gasteiger partial charge in [0.25, 0.3) is 10.0 Å². The van der Waals surface area contributed by atoms with Gasteiger partial charge in [-0.05, 0) is 48.0 Å². The van der Waals surface area contributed by atoms with E-state index in [4.69, 9.17) is 27.9 Å². The second-order valence-electron chi connectivity index (χ2n) is 6.22. The Hall–Kier alpha value is -2.74. The Bertz CT molecular complexity index is 1290. The molecular weight excluding hydrogens is 433 g/mol. The van der Waals surface area contributed by atoms with E-state index >= 15 is 0 Å². The molecule has 0 spiro atoms. The fourth-order valence-corrected chi connectivity index (χ4v) is 4.26. The maximum atomic E-state index is 12.5. The summed E-state index contributed by atoms with van der Waals surface area (Å²) >= 11 is 12.2. The molecule has 2 aromatic heterocycles. The minimum atomic E-state index is -3.70. The number of fused-ring (bicyclic) bond motifs is 1. The second-order valence-corrected chi connectivity index (χ2v) is 8.69. The predicted molar refractivity (Wildman–Crippen MR) is 115 cm³/mol. The van der Waals surface area contributed by atoms with Gasteiger partial charge < -0.3 is 9.72 Å². The molecule has 4 rings (SSSR count). The number of nitrogens with one attached hydrogen (secondary N) is 2. The zero-order valence-electron chi connectivity index (χ0n) is 15.1. The Labute approximate surface area is 177 Å². The number of ether oxygens (including phenoxy) is 1. The lowest BCUT2D eigenvalue weighted by Gasteiger charge is -2.09. The van der Waals surface area contributed by atoms with Gasteiger partial charge in [0.05, 0.1) is 22.1 Å². The van der Waals surface area contributed by atoms with Gasteiger partial charge >= 0.3 is 0 Å². The highest BCUT2D eigenvalue weighted by molar-refractivity contribution is 7.92. The van der Waals surface area contributed by atoms with Gasteiger partial charge in [-0.15, -0.1) is 0 Å². The molecule has 0 bridgehead atoms. The molecule has 2 aromatic carbocycles. The summed E-state index contributed by atoms with van der Waals surface area (Å²) in [5.41, 5.74) is 2.71. The van der Waals surface area contributed by atoms with E-state index in [2.05, 4.69) is 14.7 Å². The number of pyridine rings is 1. The van der Waals surface area contributed by atoms with Gasteiger partial charge in [0.2, 0.25) is 0 Å². The van der Waals surface area contributed by atoms with Gasteiger partial charge in [-0.2, -0.15) is 0 Å². The van der Waals surface area contributed by atoms with E-state index in [9.17, 15) is 8.42 Å². The molecule has 0 saturated heterocycles. The van der Waals surface area contributed by atoms with Crippen molar-refractivity contribution in [1.29, 1.82) is 0 Å². The smallest absolute Gasteiger partial charge is 0.261 e. The Morgan fingerprint density at radius 3 is 2.38 bits per heavy atom. The fraction of sp³-hybridized carbons (Fsp3) is 0.0500. The van der Waals surface area contributed by atoms with Gasteiger partial charge in [0.1, 0.15) is 11.4 Å². The first kappa shape index (κ1) is 19.6. The van der Waals surface area contributed by atoms with E-state index in [0.717, 1.165) is 16.6 Å². The van der Waals surface area contributed by atoms with Crippen LogP contribution >= 0.6 is 23.2 Å². The molecule has 148 valence electrons. The SMILES string of the molecule is COc1ccc(S(=O)(=O)Nc2ccc(-c3cc4c(Cl)c(Cl)cnc4[nH]3)cc2)cc1. The predicted octanol–water partition coefficient (Wildman–Crippen LogP) is 5.35. The van der Waals surface area contributed by atoms with Crippen LogP contribution in [0, 0.1) is 0 Å². The molecule has 0 aliphatic rings. The number of hydrogen-bond acceptors (Lipinski definition) is 4.